The van der Waals surface area contributed by atoms with Gasteiger partial charge in [-0.3, -0.25) is 4.79 Å². The van der Waals surface area contributed by atoms with Crippen LogP contribution >= 0.6 is 0 Å². The first kappa shape index (κ1) is 14.6. The largest absolute Gasteiger partial charge is 0.468 e. The summed E-state index contributed by atoms with van der Waals surface area (Å²) >= 11 is 0. The minimum Gasteiger partial charge on any atom is -0.468 e. The molecule has 2 rings (SSSR count). The van der Waals surface area contributed by atoms with Crippen molar-refractivity contribution in [3.8, 4) is 0 Å². The van der Waals surface area contributed by atoms with Gasteiger partial charge in [-0.2, -0.15) is 0 Å². The second-order valence-corrected chi connectivity index (χ2v) is 5.17. The Kier molecular flexibility index (Phi) is 4.79. The molecule has 4 nitrogen and oxygen atoms in total. The number of fused-ring (bicyclic) bond motifs is 1. The average molecular weight is 274 g/mol. The molecule has 0 saturated carbocycles. The van der Waals surface area contributed by atoms with Crippen molar-refractivity contribution in [3.63, 3.8) is 0 Å². The molecule has 1 aromatic heterocycles. The minimum atomic E-state index is -0.257. The summed E-state index contributed by atoms with van der Waals surface area (Å²) in [6.45, 7) is 4.79. The van der Waals surface area contributed by atoms with Crippen molar-refractivity contribution < 1.29 is 9.53 Å². The number of carbonyl (C=O) groups is 1. The number of hydrogen-bond donors (Lipinski definition) is 2. The molecule has 2 atom stereocenters. The van der Waals surface area contributed by atoms with Crippen LogP contribution in [0, 0.1) is 5.92 Å². The van der Waals surface area contributed by atoms with Crippen molar-refractivity contribution in [1.82, 2.24) is 10.3 Å². The summed E-state index contributed by atoms with van der Waals surface area (Å²) in [4.78, 5) is 15.0. The molecule has 4 heteroatoms. The Morgan fingerprint density at radius 2 is 2.20 bits per heavy atom. The third kappa shape index (κ3) is 3.20. The van der Waals surface area contributed by atoms with E-state index in [-0.39, 0.29) is 17.9 Å². The topological polar surface area (TPSA) is 54.1 Å². The molecule has 108 valence electrons. The Labute approximate surface area is 119 Å². The minimum absolute atomic E-state index is 0.193. The molecule has 0 spiro atoms. The van der Waals surface area contributed by atoms with Gasteiger partial charge in [0.25, 0.3) is 0 Å². The molecule has 0 aliphatic carbocycles. The van der Waals surface area contributed by atoms with Crippen LogP contribution in [-0.2, 0) is 16.1 Å². The molecule has 0 radical (unpaired) electrons. The lowest BCUT2D eigenvalue weighted by Crippen LogP contribution is -2.42. The number of hydrogen-bond acceptors (Lipinski definition) is 3. The first-order chi connectivity index (χ1) is 9.65. The van der Waals surface area contributed by atoms with Crippen LogP contribution in [-0.4, -0.2) is 24.1 Å². The third-order valence-corrected chi connectivity index (χ3v) is 3.81. The lowest BCUT2D eigenvalue weighted by Gasteiger charge is -2.22. The van der Waals surface area contributed by atoms with Gasteiger partial charge >= 0.3 is 5.97 Å². The quantitative estimate of drug-likeness (QED) is 0.796. The van der Waals surface area contributed by atoms with Gasteiger partial charge in [-0.05, 0) is 35.1 Å². The first-order valence-electron chi connectivity index (χ1n) is 7.03. The van der Waals surface area contributed by atoms with Crippen LogP contribution in [0.1, 0.15) is 25.8 Å². The maximum absolute atomic E-state index is 11.8. The Morgan fingerprint density at radius 1 is 1.40 bits per heavy atom. The zero-order chi connectivity index (χ0) is 14.5. The number of carbonyl (C=O) groups excluding carboxylic acids is 1. The molecule has 0 aliphatic rings. The van der Waals surface area contributed by atoms with E-state index < -0.39 is 0 Å². The number of nitrogens with one attached hydrogen (secondary N) is 2. The van der Waals surface area contributed by atoms with Gasteiger partial charge < -0.3 is 15.0 Å². The number of H-pyrrole nitrogens is 1. The van der Waals surface area contributed by atoms with E-state index in [4.69, 9.17) is 4.74 Å². The Morgan fingerprint density at radius 3 is 2.90 bits per heavy atom. The van der Waals surface area contributed by atoms with Crippen LogP contribution in [0.25, 0.3) is 10.9 Å². The van der Waals surface area contributed by atoms with Gasteiger partial charge in [-0.25, -0.2) is 0 Å². The van der Waals surface area contributed by atoms with E-state index in [1.807, 2.05) is 12.3 Å². The molecule has 0 aliphatic heterocycles. The monoisotopic (exact) mass is 274 g/mol. The maximum Gasteiger partial charge on any atom is 0.323 e. The van der Waals surface area contributed by atoms with E-state index in [1.165, 1.54) is 12.5 Å². The standard InChI is InChI=1S/C16H22N2O2/c1-4-11(2)15(16(19)20-3)18-10-12-5-6-14-13(9-12)7-8-17-14/h5-9,11,15,17-18H,4,10H2,1-3H3. The summed E-state index contributed by atoms with van der Waals surface area (Å²) in [6.07, 6.45) is 2.86. The number of esters is 1. The summed E-state index contributed by atoms with van der Waals surface area (Å²) in [6, 6.07) is 8.04. The Balaban J connectivity index is 2.06. The van der Waals surface area contributed by atoms with Gasteiger partial charge in [0.2, 0.25) is 0 Å². The number of aromatic nitrogens is 1. The number of aromatic amines is 1. The summed E-state index contributed by atoms with van der Waals surface area (Å²) in [5.41, 5.74) is 2.29. The van der Waals surface area contributed by atoms with E-state index >= 15 is 0 Å². The van der Waals surface area contributed by atoms with Gasteiger partial charge in [-0.15, -0.1) is 0 Å². The Hall–Kier alpha value is -1.81. The normalized spacial score (nSPS) is 14.2. The van der Waals surface area contributed by atoms with E-state index in [0.29, 0.717) is 6.54 Å². The lowest BCUT2D eigenvalue weighted by atomic mass is 9.99. The summed E-state index contributed by atoms with van der Waals surface area (Å²) < 4.78 is 4.88. The molecule has 2 aromatic rings. The second kappa shape index (κ2) is 6.57. The van der Waals surface area contributed by atoms with Crippen LogP contribution in [0.15, 0.2) is 30.5 Å². The summed E-state index contributed by atoms with van der Waals surface area (Å²) in [5.74, 6) is 0.0560. The lowest BCUT2D eigenvalue weighted by molar-refractivity contribution is -0.144. The fourth-order valence-electron chi connectivity index (χ4n) is 2.32. The zero-order valence-electron chi connectivity index (χ0n) is 12.3. The molecule has 0 fully saturated rings. The maximum atomic E-state index is 11.8. The van der Waals surface area contributed by atoms with Crippen LogP contribution in [0.4, 0.5) is 0 Å². The predicted octanol–water partition coefficient (Wildman–Crippen LogP) is 2.85. The molecule has 0 saturated heterocycles. The van der Waals surface area contributed by atoms with Gasteiger partial charge in [0.1, 0.15) is 6.04 Å². The van der Waals surface area contributed by atoms with Crippen molar-refractivity contribution in [1.29, 1.82) is 0 Å². The van der Waals surface area contributed by atoms with Crippen molar-refractivity contribution in [2.24, 2.45) is 5.92 Å². The van der Waals surface area contributed by atoms with E-state index in [9.17, 15) is 4.79 Å². The third-order valence-electron chi connectivity index (χ3n) is 3.81. The molecule has 0 bridgehead atoms. The van der Waals surface area contributed by atoms with Crippen molar-refractivity contribution in [2.45, 2.75) is 32.9 Å². The first-order valence-corrected chi connectivity index (χ1v) is 7.03. The molecule has 0 amide bonds. The second-order valence-electron chi connectivity index (χ2n) is 5.17. The van der Waals surface area contributed by atoms with Crippen molar-refractivity contribution >= 4 is 16.9 Å². The molecular formula is C16H22N2O2. The van der Waals surface area contributed by atoms with E-state index in [1.54, 1.807) is 0 Å². The highest BCUT2D eigenvalue weighted by Gasteiger charge is 2.24. The zero-order valence-corrected chi connectivity index (χ0v) is 12.3. The fraction of sp³-hybridized carbons (Fsp3) is 0.438. The number of methoxy groups -OCH3 is 1. The van der Waals surface area contributed by atoms with Gasteiger partial charge in [-0.1, -0.05) is 26.3 Å². The SMILES string of the molecule is CCC(C)C(NCc1ccc2[nH]ccc2c1)C(=O)OC. The van der Waals surface area contributed by atoms with Gasteiger partial charge in [0, 0.05) is 18.3 Å². The fourth-order valence-corrected chi connectivity index (χ4v) is 2.32. The molecule has 1 heterocycles. The average Bonchev–Trinajstić information content (AvgIpc) is 2.94. The van der Waals surface area contributed by atoms with Crippen LogP contribution < -0.4 is 5.32 Å². The van der Waals surface area contributed by atoms with E-state index in [2.05, 4.69) is 42.3 Å². The molecule has 1 aromatic carbocycles. The van der Waals surface area contributed by atoms with E-state index in [0.717, 1.165) is 17.5 Å². The van der Waals surface area contributed by atoms with Crippen LogP contribution in [0.2, 0.25) is 0 Å². The van der Waals surface area contributed by atoms with Crippen LogP contribution in [0.3, 0.4) is 0 Å². The predicted molar refractivity (Wildman–Crippen MR) is 80.4 cm³/mol. The smallest absolute Gasteiger partial charge is 0.323 e. The Bertz CT molecular complexity index is 577. The van der Waals surface area contributed by atoms with Gasteiger partial charge in [0.15, 0.2) is 0 Å². The number of benzene rings is 1. The van der Waals surface area contributed by atoms with Crippen LogP contribution in [0.5, 0.6) is 0 Å². The summed E-state index contributed by atoms with van der Waals surface area (Å²) in [5, 5.41) is 4.49. The highest BCUT2D eigenvalue weighted by Crippen LogP contribution is 2.15. The number of rotatable bonds is 6. The highest BCUT2D eigenvalue weighted by molar-refractivity contribution is 5.80. The summed E-state index contributed by atoms with van der Waals surface area (Å²) in [7, 11) is 1.44. The molecule has 20 heavy (non-hydrogen) atoms. The number of ether oxygens (including phenoxy) is 1. The van der Waals surface area contributed by atoms with Crippen molar-refractivity contribution in [3.05, 3.63) is 36.0 Å². The van der Waals surface area contributed by atoms with Gasteiger partial charge in [0.05, 0.1) is 7.11 Å². The molecular weight excluding hydrogens is 252 g/mol. The highest BCUT2D eigenvalue weighted by atomic mass is 16.5. The van der Waals surface area contributed by atoms with Crippen molar-refractivity contribution in [2.75, 3.05) is 7.11 Å². The molecule has 2 N–H and O–H groups in total. The molecule has 2 unspecified atom stereocenters.